The van der Waals surface area contributed by atoms with Crippen LogP contribution in [0, 0.1) is 0 Å². The lowest BCUT2D eigenvalue weighted by Gasteiger charge is -2.18. The molecule has 150 valence electrons. The van der Waals surface area contributed by atoms with Crippen LogP contribution in [-0.4, -0.2) is 41.0 Å². The summed E-state index contributed by atoms with van der Waals surface area (Å²) >= 11 is 7.31. The van der Waals surface area contributed by atoms with Gasteiger partial charge in [0.2, 0.25) is 5.91 Å². The normalized spacial score (nSPS) is 12.3. The zero-order valence-electron chi connectivity index (χ0n) is 16.1. The van der Waals surface area contributed by atoms with Crippen LogP contribution in [0.25, 0.3) is 12.2 Å². The van der Waals surface area contributed by atoms with Gasteiger partial charge in [0.25, 0.3) is 5.56 Å². The van der Waals surface area contributed by atoms with Crippen LogP contribution in [0.5, 0.6) is 0 Å². The van der Waals surface area contributed by atoms with E-state index in [1.54, 1.807) is 36.1 Å². The van der Waals surface area contributed by atoms with Gasteiger partial charge in [0.05, 0.1) is 17.2 Å². The molecule has 1 aromatic heterocycles. The number of halogens is 1. The van der Waals surface area contributed by atoms with E-state index in [-0.39, 0.29) is 24.6 Å². The molecule has 8 heteroatoms. The molecule has 0 saturated heterocycles. The quantitative estimate of drug-likeness (QED) is 0.635. The highest BCUT2D eigenvalue weighted by molar-refractivity contribution is 7.07. The van der Waals surface area contributed by atoms with Gasteiger partial charge in [-0.3, -0.25) is 14.2 Å². The highest BCUT2D eigenvalue weighted by Gasteiger charge is 2.15. The van der Waals surface area contributed by atoms with Gasteiger partial charge in [-0.25, -0.2) is 4.79 Å². The number of nitrogens with zero attached hydrogens (tertiary/aromatic N) is 2. The molecule has 0 N–H and O–H groups in total. The van der Waals surface area contributed by atoms with Crippen molar-refractivity contribution in [1.82, 2.24) is 9.47 Å². The zero-order valence-corrected chi connectivity index (χ0v) is 17.7. The van der Waals surface area contributed by atoms with E-state index in [9.17, 15) is 14.4 Å². The maximum atomic E-state index is 12.9. The predicted octanol–water partition coefficient (Wildman–Crippen LogP) is 1.60. The second kappa shape index (κ2) is 10.2. The zero-order chi connectivity index (χ0) is 20.7. The molecular formula is C20H23ClN2O4S. The van der Waals surface area contributed by atoms with Crippen molar-refractivity contribution >= 4 is 47.0 Å². The molecule has 28 heavy (non-hydrogen) atoms. The van der Waals surface area contributed by atoms with Crippen molar-refractivity contribution in [3.05, 3.63) is 54.4 Å². The summed E-state index contributed by atoms with van der Waals surface area (Å²) in [6.45, 7) is 6.63. The molecule has 0 aliphatic heterocycles. The Morgan fingerprint density at radius 1 is 1.21 bits per heavy atom. The van der Waals surface area contributed by atoms with Crippen LogP contribution in [-0.2, 0) is 20.9 Å². The van der Waals surface area contributed by atoms with Crippen molar-refractivity contribution in [3.63, 3.8) is 0 Å². The number of likely N-dealkylation sites (N-methyl/N-ethyl adjacent to an activating group) is 1. The maximum absolute atomic E-state index is 12.9. The summed E-state index contributed by atoms with van der Waals surface area (Å²) in [5.74, 6) is -0.746. The van der Waals surface area contributed by atoms with Crippen LogP contribution < -0.4 is 14.8 Å². The predicted molar refractivity (Wildman–Crippen MR) is 112 cm³/mol. The highest BCUT2D eigenvalue weighted by Crippen LogP contribution is 2.14. The summed E-state index contributed by atoms with van der Waals surface area (Å²) in [5, 5.41) is 0.511. The molecule has 0 spiro atoms. The van der Waals surface area contributed by atoms with Crippen LogP contribution in [0.4, 0.5) is 0 Å². The Bertz CT molecular complexity index is 1020. The van der Waals surface area contributed by atoms with Crippen LogP contribution in [0.3, 0.4) is 0 Å². The average molecular weight is 423 g/mol. The third kappa shape index (κ3) is 5.33. The first-order valence-electron chi connectivity index (χ1n) is 9.03. The molecule has 1 heterocycles. The maximum Gasteiger partial charge on any atom is 0.333 e. The van der Waals surface area contributed by atoms with Crippen LogP contribution in [0.2, 0.25) is 5.02 Å². The Morgan fingerprint density at radius 3 is 2.50 bits per heavy atom. The third-order valence-electron chi connectivity index (χ3n) is 4.07. The van der Waals surface area contributed by atoms with Crippen molar-refractivity contribution in [2.24, 2.45) is 0 Å². The molecule has 0 aliphatic rings. The number of hydrogen-bond acceptors (Lipinski definition) is 5. The van der Waals surface area contributed by atoms with Gasteiger partial charge in [-0.15, -0.1) is 11.3 Å². The summed E-state index contributed by atoms with van der Waals surface area (Å²) < 4.78 is 7.01. The molecule has 0 radical (unpaired) electrons. The molecule has 0 unspecified atom stereocenters. The second-order valence-electron chi connectivity index (χ2n) is 5.82. The smallest absolute Gasteiger partial charge is 0.333 e. The number of carbonyl (C=O) groups is 2. The van der Waals surface area contributed by atoms with Crippen molar-refractivity contribution < 1.29 is 14.3 Å². The van der Waals surface area contributed by atoms with Crippen molar-refractivity contribution in [3.8, 4) is 0 Å². The lowest BCUT2D eigenvalue weighted by Crippen LogP contribution is -2.40. The van der Waals surface area contributed by atoms with E-state index in [1.165, 1.54) is 10.6 Å². The topological polar surface area (TPSA) is 68.6 Å². The van der Waals surface area contributed by atoms with Gasteiger partial charge >= 0.3 is 5.97 Å². The Kier molecular flexibility index (Phi) is 8.02. The number of amides is 1. The second-order valence-corrected chi connectivity index (χ2v) is 7.29. The van der Waals surface area contributed by atoms with Gasteiger partial charge in [0.1, 0.15) is 11.2 Å². The lowest BCUT2D eigenvalue weighted by atomic mass is 10.2. The number of benzene rings is 1. The van der Waals surface area contributed by atoms with Gasteiger partial charge in [0.15, 0.2) is 0 Å². The monoisotopic (exact) mass is 422 g/mol. The summed E-state index contributed by atoms with van der Waals surface area (Å²) in [5.41, 5.74) is 0.341. The fourth-order valence-corrected chi connectivity index (χ4v) is 3.83. The van der Waals surface area contributed by atoms with Crippen molar-refractivity contribution in [1.29, 1.82) is 0 Å². The number of thiazole rings is 1. The van der Waals surface area contributed by atoms with Crippen molar-refractivity contribution in [2.75, 3.05) is 19.7 Å². The largest absolute Gasteiger partial charge is 0.463 e. The minimum absolute atomic E-state index is 0.140. The van der Waals surface area contributed by atoms with E-state index in [0.29, 0.717) is 32.9 Å². The minimum Gasteiger partial charge on any atom is -0.463 e. The van der Waals surface area contributed by atoms with Gasteiger partial charge in [-0.05, 0) is 38.5 Å². The number of carbonyl (C=O) groups excluding carboxylic acids is 2. The highest BCUT2D eigenvalue weighted by atomic mass is 35.5. The van der Waals surface area contributed by atoms with Crippen LogP contribution in [0.15, 0.2) is 29.1 Å². The summed E-state index contributed by atoms with van der Waals surface area (Å²) in [6.07, 6.45) is 2.91. The minimum atomic E-state index is -0.558. The van der Waals surface area contributed by atoms with E-state index < -0.39 is 5.97 Å². The number of hydrogen-bond donors (Lipinski definition) is 0. The molecular weight excluding hydrogens is 400 g/mol. The van der Waals surface area contributed by atoms with E-state index in [1.807, 2.05) is 19.9 Å². The van der Waals surface area contributed by atoms with E-state index >= 15 is 0 Å². The molecule has 6 nitrogen and oxygen atoms in total. The Balaban J connectivity index is 2.60. The molecule has 1 amide bonds. The fourth-order valence-electron chi connectivity index (χ4n) is 2.62. The van der Waals surface area contributed by atoms with Crippen LogP contribution in [0.1, 0.15) is 26.3 Å². The third-order valence-corrected chi connectivity index (χ3v) is 5.47. The Hall–Kier alpha value is -2.38. The SMILES string of the molecule is CCOC(=O)/C=c1\s/c(=C\c2ccccc2Cl)c(=O)n1CC(=O)N(CC)CC. The number of aromatic nitrogens is 1. The molecule has 1 aromatic carbocycles. The van der Waals surface area contributed by atoms with Crippen molar-refractivity contribution in [2.45, 2.75) is 27.3 Å². The molecule has 0 fully saturated rings. The number of ether oxygens (including phenoxy) is 1. The van der Waals surface area contributed by atoms with Gasteiger partial charge < -0.3 is 9.64 Å². The molecule has 2 aromatic rings. The van der Waals surface area contributed by atoms with Gasteiger partial charge in [0, 0.05) is 18.1 Å². The first-order valence-corrected chi connectivity index (χ1v) is 10.2. The average Bonchev–Trinajstić information content (AvgIpc) is 2.93. The van der Waals surface area contributed by atoms with E-state index in [2.05, 4.69) is 0 Å². The Labute approximate surface area is 172 Å². The van der Waals surface area contributed by atoms with Gasteiger partial charge in [-0.2, -0.15) is 0 Å². The summed E-state index contributed by atoms with van der Waals surface area (Å²) in [6, 6.07) is 7.14. The molecule has 0 bridgehead atoms. The molecule has 0 atom stereocenters. The summed E-state index contributed by atoms with van der Waals surface area (Å²) in [4.78, 5) is 39.0. The number of esters is 1. The first-order chi connectivity index (χ1) is 13.4. The van der Waals surface area contributed by atoms with Gasteiger partial charge in [-0.1, -0.05) is 29.8 Å². The molecule has 2 rings (SSSR count). The standard InChI is InChI=1S/C20H23ClN2O4S/c1-4-22(5-2)17(24)13-23-18(12-19(25)27-6-3)28-16(20(23)26)11-14-9-7-8-10-15(14)21/h7-12H,4-6,13H2,1-3H3/b16-11-,18-12-. The van der Waals surface area contributed by atoms with E-state index in [4.69, 9.17) is 16.3 Å². The number of rotatable bonds is 7. The lowest BCUT2D eigenvalue weighted by molar-refractivity contribution is -0.135. The Morgan fingerprint density at radius 2 is 1.89 bits per heavy atom. The van der Waals surface area contributed by atoms with E-state index in [0.717, 1.165) is 11.3 Å². The first kappa shape index (κ1) is 21.9. The molecule has 0 aliphatic carbocycles. The fraction of sp³-hybridized carbons (Fsp3) is 0.350. The van der Waals surface area contributed by atoms with Crippen LogP contribution >= 0.6 is 22.9 Å². The summed E-state index contributed by atoms with van der Waals surface area (Å²) in [7, 11) is 0. The molecule has 0 saturated carbocycles.